The molecule has 0 bridgehead atoms. The first-order chi connectivity index (χ1) is 24.1. The third-order valence-electron chi connectivity index (χ3n) is 10.8. The minimum Gasteiger partial charge on any atom is -0.309 e. The second kappa shape index (κ2) is 11.8. The van der Waals surface area contributed by atoms with Crippen LogP contribution in [0.4, 0.5) is 0 Å². The van der Waals surface area contributed by atoms with Gasteiger partial charge in [0.25, 0.3) is 0 Å². The Hall–Kier alpha value is -4.96. The van der Waals surface area contributed by atoms with Crippen molar-refractivity contribution < 1.29 is 0 Å². The van der Waals surface area contributed by atoms with E-state index in [9.17, 15) is 9.59 Å². The fourth-order valence-corrected chi connectivity index (χ4v) is 7.39. The third kappa shape index (κ3) is 5.96. The first-order valence-electron chi connectivity index (χ1n) is 18.5. The van der Waals surface area contributed by atoms with Gasteiger partial charge < -0.3 is 9.13 Å². The quantitative estimate of drug-likeness (QED) is 0.170. The number of fused-ring (bicyclic) bond motifs is 4. The maximum atomic E-state index is 14.7. The van der Waals surface area contributed by atoms with Crippen molar-refractivity contribution in [2.45, 2.75) is 105 Å². The molecule has 4 nitrogen and oxygen atoms in total. The standard InChI is InChI=1S/C48H52N2O2/c1-45(2,3)29-13-19-33(20-14-29)49-39-25-31(47(7,8)9)17-23-35(39)43(51)37-28-42-38(27-41(37)49)44(52)36-24-18-32(48(10,11)12)26-40(36)50(42)34-21-15-30(16-22-34)46(4,5)6/h13-28H,1-12H3. The topological polar surface area (TPSA) is 44.0 Å². The highest BCUT2D eigenvalue weighted by atomic mass is 16.1. The lowest BCUT2D eigenvalue weighted by Crippen LogP contribution is -2.17. The van der Waals surface area contributed by atoms with Gasteiger partial charge in [0.05, 0.1) is 22.1 Å². The van der Waals surface area contributed by atoms with Crippen LogP contribution in [0.5, 0.6) is 0 Å². The Labute approximate surface area is 307 Å². The summed E-state index contributed by atoms with van der Waals surface area (Å²) < 4.78 is 4.37. The molecule has 0 spiro atoms. The molecule has 0 fully saturated rings. The lowest BCUT2D eigenvalue weighted by atomic mass is 9.86. The lowest BCUT2D eigenvalue weighted by molar-refractivity contribution is 0.589. The summed E-state index contributed by atoms with van der Waals surface area (Å²) in [6, 6.07) is 33.6. The van der Waals surface area contributed by atoms with Crippen molar-refractivity contribution >= 4 is 43.6 Å². The van der Waals surface area contributed by atoms with Crippen LogP contribution in [0.25, 0.3) is 55.0 Å². The number of hydrogen-bond donors (Lipinski definition) is 0. The second-order valence-electron chi connectivity index (χ2n) is 18.8. The summed E-state index contributed by atoms with van der Waals surface area (Å²) >= 11 is 0. The van der Waals surface area contributed by atoms with Crippen LogP contribution in [0, 0.1) is 0 Å². The molecule has 7 rings (SSSR count). The number of aromatic nitrogens is 2. The van der Waals surface area contributed by atoms with Crippen LogP contribution in [-0.4, -0.2) is 9.13 Å². The van der Waals surface area contributed by atoms with Gasteiger partial charge in [0.1, 0.15) is 0 Å². The van der Waals surface area contributed by atoms with Gasteiger partial charge in [0.2, 0.25) is 0 Å². The van der Waals surface area contributed by atoms with Crippen molar-refractivity contribution in [1.29, 1.82) is 0 Å². The molecule has 0 aliphatic carbocycles. The predicted octanol–water partition coefficient (Wildman–Crippen LogP) is 11.8. The molecule has 266 valence electrons. The van der Waals surface area contributed by atoms with Gasteiger partial charge in [0, 0.05) is 32.9 Å². The number of pyridine rings is 2. The van der Waals surface area contributed by atoms with E-state index in [4.69, 9.17) is 0 Å². The smallest absolute Gasteiger partial charge is 0.197 e. The van der Waals surface area contributed by atoms with Crippen LogP contribution in [0.3, 0.4) is 0 Å². The first-order valence-corrected chi connectivity index (χ1v) is 18.5. The molecule has 0 radical (unpaired) electrons. The predicted molar refractivity (Wildman–Crippen MR) is 222 cm³/mol. The Morgan fingerprint density at radius 1 is 0.327 bits per heavy atom. The molecule has 7 aromatic rings. The van der Waals surface area contributed by atoms with E-state index in [0.29, 0.717) is 21.5 Å². The minimum atomic E-state index is -0.120. The Kier molecular flexibility index (Phi) is 8.03. The lowest BCUT2D eigenvalue weighted by Gasteiger charge is -2.24. The van der Waals surface area contributed by atoms with Gasteiger partial charge in [-0.3, -0.25) is 9.59 Å². The average molecular weight is 689 g/mol. The summed E-state index contributed by atoms with van der Waals surface area (Å²) in [6.07, 6.45) is 0. The molecular weight excluding hydrogens is 637 g/mol. The summed E-state index contributed by atoms with van der Waals surface area (Å²) in [5, 5.41) is 2.46. The van der Waals surface area contributed by atoms with Crippen LogP contribution in [0.1, 0.15) is 105 Å². The van der Waals surface area contributed by atoms with Gasteiger partial charge in [-0.15, -0.1) is 0 Å². The average Bonchev–Trinajstić information content (AvgIpc) is 3.06. The molecular formula is C48H52N2O2. The van der Waals surface area contributed by atoms with E-state index in [1.807, 2.05) is 24.3 Å². The molecule has 2 heterocycles. The summed E-state index contributed by atoms with van der Waals surface area (Å²) in [7, 11) is 0. The number of rotatable bonds is 2. The van der Waals surface area contributed by atoms with E-state index >= 15 is 0 Å². The minimum absolute atomic E-state index is 0.00804. The van der Waals surface area contributed by atoms with Gasteiger partial charge in [-0.1, -0.05) is 119 Å². The summed E-state index contributed by atoms with van der Waals surface area (Å²) in [4.78, 5) is 29.4. The molecule has 0 saturated carbocycles. The van der Waals surface area contributed by atoms with Crippen molar-refractivity contribution in [2.75, 3.05) is 0 Å². The van der Waals surface area contributed by atoms with Crippen molar-refractivity contribution in [2.24, 2.45) is 0 Å². The molecule has 0 aliphatic heterocycles. The highest BCUT2D eigenvalue weighted by Gasteiger charge is 2.23. The van der Waals surface area contributed by atoms with E-state index in [1.54, 1.807) is 0 Å². The van der Waals surface area contributed by atoms with Gasteiger partial charge in [-0.05, 0) is 105 Å². The highest BCUT2D eigenvalue weighted by Crippen LogP contribution is 2.35. The molecule has 0 unspecified atom stereocenters. The van der Waals surface area contributed by atoms with Gasteiger partial charge in [-0.2, -0.15) is 0 Å². The van der Waals surface area contributed by atoms with Crippen LogP contribution in [0.2, 0.25) is 0 Å². The number of hydrogen-bond acceptors (Lipinski definition) is 2. The second-order valence-corrected chi connectivity index (χ2v) is 18.8. The van der Waals surface area contributed by atoms with Gasteiger partial charge in [-0.25, -0.2) is 0 Å². The molecule has 0 saturated heterocycles. The van der Waals surface area contributed by atoms with Gasteiger partial charge in [0.15, 0.2) is 10.9 Å². The Morgan fingerprint density at radius 3 is 0.885 bits per heavy atom. The largest absolute Gasteiger partial charge is 0.309 e. The maximum absolute atomic E-state index is 14.7. The Morgan fingerprint density at radius 2 is 0.596 bits per heavy atom. The monoisotopic (exact) mass is 688 g/mol. The summed E-state index contributed by atoms with van der Waals surface area (Å²) in [5.74, 6) is 0. The van der Waals surface area contributed by atoms with E-state index in [2.05, 4.69) is 165 Å². The fourth-order valence-electron chi connectivity index (χ4n) is 7.39. The number of benzene rings is 5. The van der Waals surface area contributed by atoms with E-state index in [0.717, 1.165) is 44.6 Å². The molecule has 2 aromatic heterocycles. The van der Waals surface area contributed by atoms with Gasteiger partial charge >= 0.3 is 0 Å². The van der Waals surface area contributed by atoms with Crippen molar-refractivity contribution in [3.05, 3.63) is 140 Å². The summed E-state index contributed by atoms with van der Waals surface area (Å²) in [6.45, 7) is 26.4. The van der Waals surface area contributed by atoms with Crippen molar-refractivity contribution in [1.82, 2.24) is 9.13 Å². The zero-order valence-electron chi connectivity index (χ0n) is 32.9. The van der Waals surface area contributed by atoms with Crippen LogP contribution >= 0.6 is 0 Å². The first kappa shape index (κ1) is 35.4. The molecule has 0 aliphatic rings. The Bertz CT molecular complexity index is 2470. The van der Waals surface area contributed by atoms with Crippen molar-refractivity contribution in [3.8, 4) is 11.4 Å². The van der Waals surface area contributed by atoms with Crippen LogP contribution in [-0.2, 0) is 21.7 Å². The normalized spacial score (nSPS) is 13.2. The van der Waals surface area contributed by atoms with Crippen LogP contribution in [0.15, 0.2) is 107 Å². The maximum Gasteiger partial charge on any atom is 0.197 e. The highest BCUT2D eigenvalue weighted by molar-refractivity contribution is 6.05. The van der Waals surface area contributed by atoms with Crippen molar-refractivity contribution in [3.63, 3.8) is 0 Å². The van der Waals surface area contributed by atoms with E-state index in [1.165, 1.54) is 11.1 Å². The molecule has 4 heteroatoms. The number of nitrogens with zero attached hydrogens (tertiary/aromatic N) is 2. The van der Waals surface area contributed by atoms with E-state index in [-0.39, 0.29) is 32.5 Å². The Balaban J connectivity index is 1.67. The zero-order chi connectivity index (χ0) is 37.7. The zero-order valence-corrected chi connectivity index (χ0v) is 32.9. The van der Waals surface area contributed by atoms with Crippen LogP contribution < -0.4 is 10.9 Å². The fraction of sp³-hybridized carbons (Fsp3) is 0.333. The third-order valence-corrected chi connectivity index (χ3v) is 10.8. The molecule has 0 atom stereocenters. The molecule has 0 amide bonds. The van der Waals surface area contributed by atoms with E-state index < -0.39 is 0 Å². The molecule has 5 aromatic carbocycles. The molecule has 52 heavy (non-hydrogen) atoms. The summed E-state index contributed by atoms with van der Waals surface area (Å²) in [5.41, 5.74) is 9.40. The molecule has 0 N–H and O–H groups in total. The SMILES string of the molecule is CC(C)(C)c1ccc(-n2c3cc(C(C)(C)C)ccc3c(=O)c3cc4c(cc32)c(=O)c2ccc(C(C)(C)C)cc2n4-c2ccc(C(C)(C)C)cc2)cc1.